The van der Waals surface area contributed by atoms with Crippen LogP contribution in [0.3, 0.4) is 0 Å². The quantitative estimate of drug-likeness (QED) is 0.702. The fourth-order valence-corrected chi connectivity index (χ4v) is 3.80. The van der Waals surface area contributed by atoms with Crippen LogP contribution in [0, 0.1) is 0 Å². The lowest BCUT2D eigenvalue weighted by molar-refractivity contribution is -0.138. The largest absolute Gasteiger partial charge is 0.446 e. The summed E-state index contributed by atoms with van der Waals surface area (Å²) in [5.74, 6) is 0. The number of anilines is 1. The molecule has 0 N–H and O–H groups in total. The molecule has 0 unspecified atom stereocenters. The molecule has 1 saturated carbocycles. The maximum absolute atomic E-state index is 13.4. The lowest BCUT2D eigenvalue weighted by Gasteiger charge is -2.26. The summed E-state index contributed by atoms with van der Waals surface area (Å²) in [5, 5.41) is 0. The molecular weight excluding hydrogens is 331 g/mol. The van der Waals surface area contributed by atoms with Crippen molar-refractivity contribution in [2.24, 2.45) is 0 Å². The van der Waals surface area contributed by atoms with Gasteiger partial charge in [0.1, 0.15) is 6.10 Å². The molecule has 138 valence electrons. The van der Waals surface area contributed by atoms with E-state index in [2.05, 4.69) is 0 Å². The Bertz CT molecular complexity index is 636. The highest BCUT2D eigenvalue weighted by atomic mass is 19.4. The number of halogens is 3. The van der Waals surface area contributed by atoms with Crippen LogP contribution in [0.15, 0.2) is 12.1 Å². The van der Waals surface area contributed by atoms with Crippen molar-refractivity contribution in [1.82, 2.24) is 0 Å². The SMILES string of the molecule is CCc1cc2c(cc1C(F)(F)F)N(C(=O)OC1CCCC1)CCCC2. The van der Waals surface area contributed by atoms with E-state index in [1.54, 1.807) is 13.0 Å². The fraction of sp³-hybridized carbons (Fsp3) is 0.632. The van der Waals surface area contributed by atoms with Gasteiger partial charge in [0.05, 0.1) is 11.3 Å². The summed E-state index contributed by atoms with van der Waals surface area (Å²) in [6.45, 7) is 2.13. The molecule has 0 atom stereocenters. The molecule has 1 aromatic carbocycles. The van der Waals surface area contributed by atoms with Crippen LogP contribution in [0.4, 0.5) is 23.7 Å². The number of rotatable bonds is 2. The summed E-state index contributed by atoms with van der Waals surface area (Å²) in [5.41, 5.74) is 0.822. The molecular formula is C19H24F3NO2. The second kappa shape index (κ2) is 7.26. The van der Waals surface area contributed by atoms with Crippen LogP contribution in [0.2, 0.25) is 0 Å². The predicted molar refractivity (Wildman–Crippen MR) is 89.8 cm³/mol. The Labute approximate surface area is 146 Å². The minimum Gasteiger partial charge on any atom is -0.446 e. The zero-order valence-electron chi connectivity index (χ0n) is 14.5. The summed E-state index contributed by atoms with van der Waals surface area (Å²) in [4.78, 5) is 14.0. The van der Waals surface area contributed by atoms with E-state index in [1.807, 2.05) is 0 Å². The van der Waals surface area contributed by atoms with Gasteiger partial charge in [0.2, 0.25) is 0 Å². The van der Waals surface area contributed by atoms with E-state index >= 15 is 0 Å². The second-order valence-corrected chi connectivity index (χ2v) is 6.89. The molecule has 0 spiro atoms. The van der Waals surface area contributed by atoms with Gasteiger partial charge in [0.15, 0.2) is 0 Å². The average Bonchev–Trinajstić information content (AvgIpc) is 2.97. The number of amides is 1. The lowest BCUT2D eigenvalue weighted by atomic mass is 9.97. The van der Waals surface area contributed by atoms with Gasteiger partial charge in [0.25, 0.3) is 0 Å². The van der Waals surface area contributed by atoms with Gasteiger partial charge in [-0.2, -0.15) is 13.2 Å². The van der Waals surface area contributed by atoms with E-state index in [0.29, 0.717) is 25.1 Å². The van der Waals surface area contributed by atoms with Gasteiger partial charge in [-0.25, -0.2) is 4.79 Å². The summed E-state index contributed by atoms with van der Waals surface area (Å²) < 4.78 is 45.8. The third-order valence-corrected chi connectivity index (χ3v) is 5.15. The monoisotopic (exact) mass is 355 g/mol. The van der Waals surface area contributed by atoms with Crippen molar-refractivity contribution < 1.29 is 22.7 Å². The third-order valence-electron chi connectivity index (χ3n) is 5.15. The van der Waals surface area contributed by atoms with Crippen molar-refractivity contribution in [2.75, 3.05) is 11.4 Å². The molecule has 2 aliphatic rings. The highest BCUT2D eigenvalue weighted by Crippen LogP contribution is 2.38. The molecule has 25 heavy (non-hydrogen) atoms. The standard InChI is InChI=1S/C19H24F3NO2/c1-2-13-11-14-7-5-6-10-23(17(14)12-16(13)19(20,21)22)18(24)25-15-8-3-4-9-15/h11-12,15H,2-10H2,1H3. The molecule has 3 rings (SSSR count). The fourth-order valence-electron chi connectivity index (χ4n) is 3.80. The number of benzene rings is 1. The third kappa shape index (κ3) is 3.93. The second-order valence-electron chi connectivity index (χ2n) is 6.89. The first-order valence-electron chi connectivity index (χ1n) is 9.11. The van der Waals surface area contributed by atoms with Crippen molar-refractivity contribution in [3.05, 3.63) is 28.8 Å². The van der Waals surface area contributed by atoms with Crippen LogP contribution in [-0.2, 0) is 23.8 Å². The van der Waals surface area contributed by atoms with Crippen LogP contribution >= 0.6 is 0 Å². The van der Waals surface area contributed by atoms with Crippen LogP contribution in [-0.4, -0.2) is 18.7 Å². The van der Waals surface area contributed by atoms with Crippen molar-refractivity contribution in [3.8, 4) is 0 Å². The highest BCUT2D eigenvalue weighted by molar-refractivity contribution is 5.89. The Kier molecular flexibility index (Phi) is 5.25. The first-order valence-corrected chi connectivity index (χ1v) is 9.11. The number of alkyl halides is 3. The van der Waals surface area contributed by atoms with Crippen LogP contribution < -0.4 is 4.90 Å². The smallest absolute Gasteiger partial charge is 0.416 e. The Morgan fingerprint density at radius 1 is 1.20 bits per heavy atom. The van der Waals surface area contributed by atoms with Crippen LogP contribution in [0.25, 0.3) is 0 Å². The highest BCUT2D eigenvalue weighted by Gasteiger charge is 2.36. The molecule has 1 heterocycles. The van der Waals surface area contributed by atoms with Gasteiger partial charge in [0, 0.05) is 6.54 Å². The van der Waals surface area contributed by atoms with Gasteiger partial charge in [-0.15, -0.1) is 0 Å². The molecule has 1 aliphatic carbocycles. The Morgan fingerprint density at radius 2 is 1.92 bits per heavy atom. The van der Waals surface area contributed by atoms with Gasteiger partial charge >= 0.3 is 12.3 Å². The maximum atomic E-state index is 13.4. The van der Waals surface area contributed by atoms with Gasteiger partial charge in [-0.05, 0) is 68.6 Å². The predicted octanol–water partition coefficient (Wildman–Crippen LogP) is 5.49. The lowest BCUT2D eigenvalue weighted by Crippen LogP contribution is -2.35. The van der Waals surface area contributed by atoms with E-state index in [4.69, 9.17) is 4.74 Å². The molecule has 6 heteroatoms. The van der Waals surface area contributed by atoms with Crippen LogP contribution in [0.1, 0.15) is 62.1 Å². The van der Waals surface area contributed by atoms with Crippen molar-refractivity contribution >= 4 is 11.8 Å². The summed E-state index contributed by atoms with van der Waals surface area (Å²) in [6.07, 6.45) is 1.34. The zero-order valence-corrected chi connectivity index (χ0v) is 14.5. The number of aryl methyl sites for hydroxylation is 2. The van der Waals surface area contributed by atoms with E-state index in [9.17, 15) is 18.0 Å². The molecule has 0 aromatic heterocycles. The number of carbonyl (C=O) groups excluding carboxylic acids is 1. The Balaban J connectivity index is 1.95. The number of nitrogens with zero attached hydrogens (tertiary/aromatic N) is 1. The maximum Gasteiger partial charge on any atom is 0.416 e. The molecule has 1 amide bonds. The van der Waals surface area contributed by atoms with Crippen LogP contribution in [0.5, 0.6) is 0 Å². The van der Waals surface area contributed by atoms with E-state index in [-0.39, 0.29) is 11.7 Å². The van der Waals surface area contributed by atoms with Gasteiger partial charge < -0.3 is 4.74 Å². The topological polar surface area (TPSA) is 29.5 Å². The number of ether oxygens (including phenoxy) is 1. The first kappa shape index (κ1) is 18.1. The molecule has 1 fully saturated rings. The molecule has 0 saturated heterocycles. The Morgan fingerprint density at radius 3 is 2.56 bits per heavy atom. The minimum atomic E-state index is -4.42. The average molecular weight is 355 g/mol. The van der Waals surface area contributed by atoms with Gasteiger partial charge in [-0.1, -0.05) is 13.0 Å². The van der Waals surface area contributed by atoms with Crippen molar-refractivity contribution in [2.45, 2.75) is 70.6 Å². The van der Waals surface area contributed by atoms with E-state index in [0.717, 1.165) is 50.2 Å². The number of hydrogen-bond donors (Lipinski definition) is 0. The molecule has 1 aliphatic heterocycles. The van der Waals surface area contributed by atoms with Gasteiger partial charge in [-0.3, -0.25) is 4.90 Å². The summed E-state index contributed by atoms with van der Waals surface area (Å²) >= 11 is 0. The molecule has 3 nitrogen and oxygen atoms in total. The van der Waals surface area contributed by atoms with Crippen molar-refractivity contribution in [3.63, 3.8) is 0 Å². The van der Waals surface area contributed by atoms with E-state index in [1.165, 1.54) is 4.90 Å². The first-order chi connectivity index (χ1) is 11.9. The molecule has 0 radical (unpaired) electrons. The number of hydrogen-bond acceptors (Lipinski definition) is 2. The van der Waals surface area contributed by atoms with E-state index < -0.39 is 17.8 Å². The minimum absolute atomic E-state index is 0.101. The molecule has 0 bridgehead atoms. The molecule has 1 aromatic rings. The Hall–Kier alpha value is -1.72. The normalized spacial score (nSPS) is 18.8. The number of fused-ring (bicyclic) bond motifs is 1. The summed E-state index contributed by atoms with van der Waals surface area (Å²) in [6, 6.07) is 2.77. The van der Waals surface area contributed by atoms with Crippen molar-refractivity contribution in [1.29, 1.82) is 0 Å². The summed E-state index contributed by atoms with van der Waals surface area (Å²) in [7, 11) is 0. The zero-order chi connectivity index (χ0) is 18.0. The number of carbonyl (C=O) groups is 1.